The lowest BCUT2D eigenvalue weighted by Gasteiger charge is -2.19. The molecule has 2 aromatic carbocycles. The molecule has 1 nitrogen and oxygen atoms in total. The van der Waals surface area contributed by atoms with Crippen molar-refractivity contribution in [3.8, 4) is 0 Å². The van der Waals surface area contributed by atoms with Gasteiger partial charge in [0, 0.05) is 10.5 Å². The van der Waals surface area contributed by atoms with Crippen molar-refractivity contribution in [2.75, 3.05) is 6.54 Å². The first kappa shape index (κ1) is 16.3. The summed E-state index contributed by atoms with van der Waals surface area (Å²) >= 11 is 3.55. The van der Waals surface area contributed by atoms with E-state index in [0.29, 0.717) is 6.04 Å². The van der Waals surface area contributed by atoms with E-state index in [1.54, 1.807) is 0 Å². The Hall–Kier alpha value is -1.12. The minimum Gasteiger partial charge on any atom is -0.310 e. The molecule has 0 saturated heterocycles. The molecule has 2 rings (SSSR count). The van der Waals surface area contributed by atoms with Gasteiger partial charge in [-0.1, -0.05) is 72.6 Å². The van der Waals surface area contributed by atoms with E-state index < -0.39 is 0 Å². The topological polar surface area (TPSA) is 12.0 Å². The Balaban J connectivity index is 2.14. The Bertz CT molecular complexity index is 548. The fraction of sp³-hybridized carbons (Fsp3) is 0.368. The fourth-order valence-electron chi connectivity index (χ4n) is 2.66. The van der Waals surface area contributed by atoms with Crippen molar-refractivity contribution >= 4 is 15.9 Å². The van der Waals surface area contributed by atoms with Gasteiger partial charge in [0.2, 0.25) is 0 Å². The maximum atomic E-state index is 3.60. The van der Waals surface area contributed by atoms with Gasteiger partial charge in [0.25, 0.3) is 0 Å². The van der Waals surface area contributed by atoms with Crippen LogP contribution >= 0.6 is 15.9 Å². The van der Waals surface area contributed by atoms with Crippen LogP contribution in [0.25, 0.3) is 0 Å². The van der Waals surface area contributed by atoms with Crippen LogP contribution in [0.4, 0.5) is 0 Å². The standard InChI is InChI=1S/C19H24BrN/c1-3-6-15-9-11-17(12-10-15)19(21-4-2)14-16-7-5-8-18(20)13-16/h5,7-13,19,21H,3-4,6,14H2,1-2H3. The Morgan fingerprint density at radius 1 is 1.00 bits per heavy atom. The molecule has 0 fully saturated rings. The largest absolute Gasteiger partial charge is 0.310 e. The van der Waals surface area contributed by atoms with Crippen LogP contribution in [0.1, 0.15) is 43.0 Å². The number of rotatable bonds is 7. The molecule has 0 bridgehead atoms. The number of likely N-dealkylation sites (N-methyl/N-ethyl adjacent to an activating group) is 1. The number of benzene rings is 2. The van der Waals surface area contributed by atoms with Gasteiger partial charge in [-0.05, 0) is 48.2 Å². The second-order valence-corrected chi connectivity index (χ2v) is 6.35. The molecule has 0 spiro atoms. The zero-order valence-corrected chi connectivity index (χ0v) is 14.5. The van der Waals surface area contributed by atoms with Gasteiger partial charge in [-0.3, -0.25) is 0 Å². The van der Waals surface area contributed by atoms with E-state index >= 15 is 0 Å². The van der Waals surface area contributed by atoms with Crippen molar-refractivity contribution in [3.05, 3.63) is 69.7 Å². The van der Waals surface area contributed by atoms with Gasteiger partial charge in [0.15, 0.2) is 0 Å². The van der Waals surface area contributed by atoms with Crippen molar-refractivity contribution in [1.29, 1.82) is 0 Å². The van der Waals surface area contributed by atoms with E-state index in [0.717, 1.165) is 23.9 Å². The minimum absolute atomic E-state index is 0.375. The third kappa shape index (κ3) is 4.98. The smallest absolute Gasteiger partial charge is 0.0360 e. The summed E-state index contributed by atoms with van der Waals surface area (Å²) in [5, 5.41) is 3.60. The first-order valence-corrected chi connectivity index (χ1v) is 8.59. The summed E-state index contributed by atoms with van der Waals surface area (Å²) < 4.78 is 1.15. The molecule has 0 saturated carbocycles. The number of hydrogen-bond donors (Lipinski definition) is 1. The Morgan fingerprint density at radius 3 is 2.38 bits per heavy atom. The van der Waals surface area contributed by atoms with Crippen LogP contribution in [-0.2, 0) is 12.8 Å². The summed E-state index contributed by atoms with van der Waals surface area (Å²) in [6.07, 6.45) is 3.38. The maximum Gasteiger partial charge on any atom is 0.0360 e. The van der Waals surface area contributed by atoms with E-state index in [-0.39, 0.29) is 0 Å². The Kier molecular flexibility index (Phi) is 6.47. The molecule has 0 amide bonds. The Labute approximate surface area is 136 Å². The predicted molar refractivity (Wildman–Crippen MR) is 94.7 cm³/mol. The van der Waals surface area contributed by atoms with Crippen molar-refractivity contribution in [2.45, 2.75) is 39.2 Å². The van der Waals surface area contributed by atoms with E-state index in [1.807, 2.05) is 0 Å². The van der Waals surface area contributed by atoms with Crippen LogP contribution in [-0.4, -0.2) is 6.54 Å². The third-order valence-corrected chi connectivity index (χ3v) is 4.19. The molecule has 0 heterocycles. The second kappa shape index (κ2) is 8.35. The van der Waals surface area contributed by atoms with Crippen LogP contribution in [0.15, 0.2) is 53.0 Å². The van der Waals surface area contributed by atoms with E-state index in [2.05, 4.69) is 83.6 Å². The predicted octanol–water partition coefficient (Wildman–Crippen LogP) is 5.29. The molecule has 1 unspecified atom stereocenters. The normalized spacial score (nSPS) is 12.3. The van der Waals surface area contributed by atoms with Gasteiger partial charge in [-0.15, -0.1) is 0 Å². The summed E-state index contributed by atoms with van der Waals surface area (Å²) in [6.45, 7) is 5.37. The van der Waals surface area contributed by atoms with Gasteiger partial charge in [0.1, 0.15) is 0 Å². The lowest BCUT2D eigenvalue weighted by Crippen LogP contribution is -2.23. The van der Waals surface area contributed by atoms with Gasteiger partial charge in [-0.2, -0.15) is 0 Å². The second-order valence-electron chi connectivity index (χ2n) is 5.44. The lowest BCUT2D eigenvalue weighted by molar-refractivity contribution is 0.549. The van der Waals surface area contributed by atoms with Crippen molar-refractivity contribution < 1.29 is 0 Å². The van der Waals surface area contributed by atoms with Crippen molar-refractivity contribution in [1.82, 2.24) is 5.32 Å². The van der Waals surface area contributed by atoms with Crippen molar-refractivity contribution in [2.24, 2.45) is 0 Å². The maximum absolute atomic E-state index is 3.60. The summed E-state index contributed by atoms with van der Waals surface area (Å²) in [7, 11) is 0. The number of aryl methyl sites for hydroxylation is 1. The number of nitrogens with one attached hydrogen (secondary N) is 1. The molecule has 0 aromatic heterocycles. The van der Waals surface area contributed by atoms with Crippen LogP contribution in [0.2, 0.25) is 0 Å². The highest BCUT2D eigenvalue weighted by Gasteiger charge is 2.11. The van der Waals surface area contributed by atoms with Crippen LogP contribution in [0.3, 0.4) is 0 Å². The molecule has 112 valence electrons. The summed E-state index contributed by atoms with van der Waals surface area (Å²) in [6, 6.07) is 18.0. The SMILES string of the molecule is CCCc1ccc(C(Cc2cccc(Br)c2)NCC)cc1. The summed E-state index contributed by atoms with van der Waals surface area (Å²) in [5.74, 6) is 0. The highest BCUT2D eigenvalue weighted by Crippen LogP contribution is 2.21. The monoisotopic (exact) mass is 345 g/mol. The van der Waals surface area contributed by atoms with Crippen LogP contribution in [0.5, 0.6) is 0 Å². The molecular formula is C19H24BrN. The molecule has 1 atom stereocenters. The molecule has 0 aliphatic carbocycles. The van der Waals surface area contributed by atoms with Gasteiger partial charge in [-0.25, -0.2) is 0 Å². The lowest BCUT2D eigenvalue weighted by atomic mass is 9.97. The summed E-state index contributed by atoms with van der Waals surface area (Å²) in [5.41, 5.74) is 4.16. The first-order chi connectivity index (χ1) is 10.2. The van der Waals surface area contributed by atoms with Crippen LogP contribution < -0.4 is 5.32 Å². The van der Waals surface area contributed by atoms with E-state index in [1.165, 1.54) is 23.1 Å². The molecule has 2 heteroatoms. The third-order valence-electron chi connectivity index (χ3n) is 3.70. The van der Waals surface area contributed by atoms with E-state index in [9.17, 15) is 0 Å². The van der Waals surface area contributed by atoms with E-state index in [4.69, 9.17) is 0 Å². The molecule has 0 aliphatic heterocycles. The van der Waals surface area contributed by atoms with Gasteiger partial charge in [0.05, 0.1) is 0 Å². The Morgan fingerprint density at radius 2 is 1.76 bits per heavy atom. The van der Waals surface area contributed by atoms with Gasteiger partial charge < -0.3 is 5.32 Å². The van der Waals surface area contributed by atoms with Crippen molar-refractivity contribution in [3.63, 3.8) is 0 Å². The highest BCUT2D eigenvalue weighted by molar-refractivity contribution is 9.10. The quantitative estimate of drug-likeness (QED) is 0.718. The molecule has 2 aromatic rings. The molecular weight excluding hydrogens is 322 g/mol. The molecule has 1 N–H and O–H groups in total. The van der Waals surface area contributed by atoms with Crippen LogP contribution in [0, 0.1) is 0 Å². The fourth-order valence-corrected chi connectivity index (χ4v) is 3.11. The minimum atomic E-state index is 0.375. The number of halogens is 1. The van der Waals surface area contributed by atoms with Gasteiger partial charge >= 0.3 is 0 Å². The first-order valence-electron chi connectivity index (χ1n) is 7.79. The highest BCUT2D eigenvalue weighted by atomic mass is 79.9. The molecule has 21 heavy (non-hydrogen) atoms. The molecule has 0 radical (unpaired) electrons. The average molecular weight is 346 g/mol. The zero-order valence-electron chi connectivity index (χ0n) is 12.9. The summed E-state index contributed by atoms with van der Waals surface area (Å²) in [4.78, 5) is 0. The zero-order chi connectivity index (χ0) is 15.1. The number of hydrogen-bond acceptors (Lipinski definition) is 1. The average Bonchev–Trinajstić information content (AvgIpc) is 2.48. The molecule has 0 aliphatic rings.